The molecule has 0 fully saturated rings. The molecule has 5 nitrogen and oxygen atoms in total. The zero-order chi connectivity index (χ0) is 15.6. The highest BCUT2D eigenvalue weighted by atomic mass is 35.5. The average molecular weight is 329 g/mol. The minimum atomic E-state index is -0.902. The lowest BCUT2D eigenvalue weighted by molar-refractivity contribution is -0.140. The summed E-state index contributed by atoms with van der Waals surface area (Å²) in [5, 5.41) is 14.9. The number of hydrogen-bond acceptors (Lipinski definition) is 2. The lowest BCUT2D eigenvalue weighted by atomic mass is 10.1. The van der Waals surface area contributed by atoms with Crippen LogP contribution in [0.15, 0.2) is 24.3 Å². The molecular formula is C14H14Cl2N2O3. The number of carbonyl (C=O) groups excluding carboxylic acids is 1. The maximum absolute atomic E-state index is 11.9. The van der Waals surface area contributed by atoms with Gasteiger partial charge in [-0.3, -0.25) is 4.79 Å². The van der Waals surface area contributed by atoms with E-state index in [0.717, 1.165) is 5.56 Å². The largest absolute Gasteiger partial charge is 0.481 e. The SMILES string of the molecule is Cc1ccc(Cl)c(NC(=O)NC2C=CC(C(=O)O)C2)c1Cl. The fraction of sp³-hybridized carbons (Fsp3) is 0.286. The highest BCUT2D eigenvalue weighted by molar-refractivity contribution is 6.40. The van der Waals surface area contributed by atoms with Crippen molar-refractivity contribution in [3.63, 3.8) is 0 Å². The molecule has 0 radical (unpaired) electrons. The Kier molecular flexibility index (Phi) is 4.75. The first kappa shape index (κ1) is 15.7. The molecule has 1 aliphatic rings. The van der Waals surface area contributed by atoms with Crippen LogP contribution in [0.4, 0.5) is 10.5 Å². The molecule has 0 aliphatic heterocycles. The van der Waals surface area contributed by atoms with Crippen LogP contribution in [0.3, 0.4) is 0 Å². The average Bonchev–Trinajstić information content (AvgIpc) is 2.88. The van der Waals surface area contributed by atoms with E-state index in [9.17, 15) is 9.59 Å². The van der Waals surface area contributed by atoms with Gasteiger partial charge < -0.3 is 15.7 Å². The zero-order valence-electron chi connectivity index (χ0n) is 11.2. The minimum absolute atomic E-state index is 0.325. The van der Waals surface area contributed by atoms with Crippen LogP contribution in [0, 0.1) is 12.8 Å². The lowest BCUT2D eigenvalue weighted by Gasteiger charge is -2.15. The van der Waals surface area contributed by atoms with Gasteiger partial charge in [-0.05, 0) is 25.0 Å². The maximum atomic E-state index is 11.9. The van der Waals surface area contributed by atoms with E-state index in [0.29, 0.717) is 22.2 Å². The second kappa shape index (κ2) is 6.37. The molecule has 0 bridgehead atoms. The normalized spacial score (nSPS) is 20.3. The predicted molar refractivity (Wildman–Crippen MR) is 82.0 cm³/mol. The molecule has 0 spiro atoms. The number of rotatable bonds is 3. The summed E-state index contributed by atoms with van der Waals surface area (Å²) in [4.78, 5) is 22.8. The van der Waals surface area contributed by atoms with Gasteiger partial charge in [0.1, 0.15) is 0 Å². The third kappa shape index (κ3) is 3.68. The summed E-state index contributed by atoms with van der Waals surface area (Å²) in [5.74, 6) is -1.47. The van der Waals surface area contributed by atoms with Gasteiger partial charge in [0.25, 0.3) is 0 Å². The zero-order valence-corrected chi connectivity index (χ0v) is 12.7. The molecule has 1 aromatic rings. The Morgan fingerprint density at radius 1 is 1.29 bits per heavy atom. The first-order valence-electron chi connectivity index (χ1n) is 6.31. The molecule has 0 heterocycles. The Labute approximate surface area is 131 Å². The second-order valence-corrected chi connectivity index (χ2v) is 5.61. The van der Waals surface area contributed by atoms with Gasteiger partial charge in [-0.25, -0.2) is 4.79 Å². The summed E-state index contributed by atoms with van der Waals surface area (Å²) in [6, 6.07) is 2.60. The van der Waals surface area contributed by atoms with Gasteiger partial charge in [-0.1, -0.05) is 41.4 Å². The number of benzene rings is 1. The number of amides is 2. The predicted octanol–water partition coefficient (Wildman–Crippen LogP) is 3.45. The van der Waals surface area contributed by atoms with E-state index >= 15 is 0 Å². The van der Waals surface area contributed by atoms with Crippen LogP contribution in [0.2, 0.25) is 10.0 Å². The summed E-state index contributed by atoms with van der Waals surface area (Å²) in [6.45, 7) is 1.80. The number of urea groups is 1. The Balaban J connectivity index is 1.99. The van der Waals surface area contributed by atoms with Crippen LogP contribution < -0.4 is 10.6 Å². The molecule has 1 aromatic carbocycles. The fourth-order valence-electron chi connectivity index (χ4n) is 2.08. The highest BCUT2D eigenvalue weighted by Gasteiger charge is 2.25. The summed E-state index contributed by atoms with van der Waals surface area (Å²) in [6.07, 6.45) is 3.57. The fourth-order valence-corrected chi connectivity index (χ4v) is 2.54. The molecule has 3 N–H and O–H groups in total. The van der Waals surface area contributed by atoms with Crippen molar-refractivity contribution < 1.29 is 14.7 Å². The lowest BCUT2D eigenvalue weighted by Crippen LogP contribution is -2.36. The first-order chi connectivity index (χ1) is 9.88. The molecule has 0 saturated carbocycles. The van der Waals surface area contributed by atoms with Gasteiger partial charge in [0.2, 0.25) is 0 Å². The van der Waals surface area contributed by atoms with Crippen molar-refractivity contribution in [3.8, 4) is 0 Å². The third-order valence-electron chi connectivity index (χ3n) is 3.24. The van der Waals surface area contributed by atoms with Gasteiger partial charge in [0.15, 0.2) is 0 Å². The van der Waals surface area contributed by atoms with Gasteiger partial charge in [-0.2, -0.15) is 0 Å². The summed E-state index contributed by atoms with van der Waals surface area (Å²) in [7, 11) is 0. The van der Waals surface area contributed by atoms with Crippen LogP contribution in [-0.2, 0) is 4.79 Å². The number of carboxylic acids is 1. The van der Waals surface area contributed by atoms with Gasteiger partial charge in [-0.15, -0.1) is 0 Å². The maximum Gasteiger partial charge on any atom is 0.319 e. The molecule has 1 aliphatic carbocycles. The van der Waals surface area contributed by atoms with Crippen molar-refractivity contribution in [3.05, 3.63) is 39.9 Å². The van der Waals surface area contributed by atoms with E-state index in [4.69, 9.17) is 28.3 Å². The van der Waals surface area contributed by atoms with Gasteiger partial charge in [0.05, 0.1) is 27.7 Å². The molecule has 2 atom stereocenters. The quantitative estimate of drug-likeness (QED) is 0.743. The van der Waals surface area contributed by atoms with E-state index in [1.54, 1.807) is 31.2 Å². The molecule has 21 heavy (non-hydrogen) atoms. The van der Waals surface area contributed by atoms with E-state index in [2.05, 4.69) is 10.6 Å². The molecule has 2 rings (SSSR count). The van der Waals surface area contributed by atoms with Gasteiger partial charge in [0, 0.05) is 0 Å². The van der Waals surface area contributed by atoms with Crippen LogP contribution in [0.25, 0.3) is 0 Å². The molecule has 2 unspecified atom stereocenters. The highest BCUT2D eigenvalue weighted by Crippen LogP contribution is 2.32. The molecule has 0 aromatic heterocycles. The van der Waals surface area contributed by atoms with E-state index < -0.39 is 17.9 Å². The van der Waals surface area contributed by atoms with Crippen molar-refractivity contribution in [2.75, 3.05) is 5.32 Å². The number of nitrogens with one attached hydrogen (secondary N) is 2. The number of aliphatic carboxylic acids is 1. The van der Waals surface area contributed by atoms with Crippen molar-refractivity contribution >= 4 is 40.9 Å². The number of aryl methyl sites for hydroxylation is 1. The van der Waals surface area contributed by atoms with Crippen LogP contribution in [0.5, 0.6) is 0 Å². The Bertz CT molecular complexity index is 616. The van der Waals surface area contributed by atoms with Crippen LogP contribution in [-0.4, -0.2) is 23.1 Å². The van der Waals surface area contributed by atoms with Crippen molar-refractivity contribution in [1.29, 1.82) is 0 Å². The van der Waals surface area contributed by atoms with Crippen molar-refractivity contribution in [1.82, 2.24) is 5.32 Å². The minimum Gasteiger partial charge on any atom is -0.481 e. The molecular weight excluding hydrogens is 315 g/mol. The number of anilines is 1. The number of carboxylic acid groups (broad SMARTS) is 1. The van der Waals surface area contributed by atoms with Crippen LogP contribution >= 0.6 is 23.2 Å². The Hall–Kier alpha value is -1.72. The molecule has 0 saturated heterocycles. The smallest absolute Gasteiger partial charge is 0.319 e. The summed E-state index contributed by atoms with van der Waals surface area (Å²) >= 11 is 12.1. The number of halogens is 2. The molecule has 2 amide bonds. The van der Waals surface area contributed by atoms with E-state index in [1.165, 1.54) is 0 Å². The number of hydrogen-bond donors (Lipinski definition) is 3. The second-order valence-electron chi connectivity index (χ2n) is 4.82. The van der Waals surface area contributed by atoms with Gasteiger partial charge >= 0.3 is 12.0 Å². The third-order valence-corrected chi connectivity index (χ3v) is 4.04. The van der Waals surface area contributed by atoms with E-state index in [1.807, 2.05) is 0 Å². The number of carbonyl (C=O) groups is 2. The summed E-state index contributed by atoms with van der Waals surface area (Å²) < 4.78 is 0. The summed E-state index contributed by atoms with van der Waals surface area (Å²) in [5.41, 5.74) is 1.13. The Morgan fingerprint density at radius 3 is 2.62 bits per heavy atom. The standard InChI is InChI=1S/C14H14Cl2N2O3/c1-7-2-5-10(15)12(11(7)16)18-14(21)17-9-4-3-8(6-9)13(19)20/h2-5,8-9H,6H2,1H3,(H,19,20)(H2,17,18,21). The topological polar surface area (TPSA) is 78.4 Å². The monoisotopic (exact) mass is 328 g/mol. The van der Waals surface area contributed by atoms with Crippen molar-refractivity contribution in [2.24, 2.45) is 5.92 Å². The Morgan fingerprint density at radius 2 is 2.00 bits per heavy atom. The van der Waals surface area contributed by atoms with Crippen molar-refractivity contribution in [2.45, 2.75) is 19.4 Å². The van der Waals surface area contributed by atoms with E-state index in [-0.39, 0.29) is 6.04 Å². The molecule has 112 valence electrons. The van der Waals surface area contributed by atoms with Crippen LogP contribution in [0.1, 0.15) is 12.0 Å². The first-order valence-corrected chi connectivity index (χ1v) is 7.07. The molecule has 7 heteroatoms.